The first-order chi connectivity index (χ1) is 8.26. The van der Waals surface area contributed by atoms with Gasteiger partial charge in [-0.2, -0.15) is 0 Å². The first kappa shape index (κ1) is 12.3. The maximum Gasteiger partial charge on any atom is 0.151 e. The molecule has 0 bridgehead atoms. The van der Waals surface area contributed by atoms with Crippen molar-refractivity contribution in [1.29, 1.82) is 0 Å². The summed E-state index contributed by atoms with van der Waals surface area (Å²) in [7, 11) is 0. The first-order valence-corrected chi connectivity index (χ1v) is 6.57. The predicted octanol–water partition coefficient (Wildman–Crippen LogP) is 2.88. The Morgan fingerprint density at radius 3 is 2.47 bits per heavy atom. The summed E-state index contributed by atoms with van der Waals surface area (Å²) in [6, 6.07) is 10.9. The van der Waals surface area contributed by atoms with E-state index < -0.39 is 0 Å². The van der Waals surface area contributed by atoms with Crippen LogP contribution in [0.3, 0.4) is 0 Å². The van der Waals surface area contributed by atoms with Crippen molar-refractivity contribution < 1.29 is 4.79 Å². The van der Waals surface area contributed by atoms with Crippen molar-refractivity contribution >= 4 is 5.78 Å². The van der Waals surface area contributed by atoms with Crippen LogP contribution in [0.25, 0.3) is 0 Å². The summed E-state index contributed by atoms with van der Waals surface area (Å²) < 4.78 is 0. The molecule has 1 aliphatic rings. The Balaban J connectivity index is 2.09. The van der Waals surface area contributed by atoms with Gasteiger partial charge in [0.1, 0.15) is 0 Å². The van der Waals surface area contributed by atoms with Crippen molar-refractivity contribution in [3.8, 4) is 0 Å². The number of hydrogen-bond acceptors (Lipinski definition) is 2. The van der Waals surface area contributed by atoms with Crippen LogP contribution in [0.1, 0.15) is 32.3 Å². The van der Waals surface area contributed by atoms with Gasteiger partial charge in [0.15, 0.2) is 5.78 Å². The highest BCUT2D eigenvalue weighted by Crippen LogP contribution is 2.27. The number of hydrogen-bond donors (Lipinski definition) is 0. The lowest BCUT2D eigenvalue weighted by atomic mass is 9.95. The van der Waals surface area contributed by atoms with Gasteiger partial charge in [0, 0.05) is 18.5 Å². The minimum atomic E-state index is 0.253. The molecule has 2 nitrogen and oxygen atoms in total. The largest absolute Gasteiger partial charge is 0.298 e. The molecule has 0 amide bonds. The third kappa shape index (κ3) is 2.58. The summed E-state index contributed by atoms with van der Waals surface area (Å²) in [4.78, 5) is 14.3. The zero-order valence-electron chi connectivity index (χ0n) is 10.7. The van der Waals surface area contributed by atoms with Gasteiger partial charge in [-0.25, -0.2) is 0 Å². The van der Waals surface area contributed by atoms with Crippen LogP contribution in [0.5, 0.6) is 0 Å². The summed E-state index contributed by atoms with van der Waals surface area (Å²) in [5, 5.41) is 0. The normalized spacial score (nSPS) is 25.4. The second kappa shape index (κ2) is 5.46. The topological polar surface area (TPSA) is 20.3 Å². The van der Waals surface area contributed by atoms with Crippen LogP contribution >= 0.6 is 0 Å². The lowest BCUT2D eigenvalue weighted by Gasteiger charge is -2.25. The molecule has 1 heterocycles. The number of nitrogens with zero attached hydrogens (tertiary/aromatic N) is 1. The average molecular weight is 231 g/mol. The van der Waals surface area contributed by atoms with Gasteiger partial charge in [-0.1, -0.05) is 44.2 Å². The van der Waals surface area contributed by atoms with Crippen molar-refractivity contribution in [3.63, 3.8) is 0 Å². The molecule has 0 aromatic heterocycles. The van der Waals surface area contributed by atoms with Crippen molar-refractivity contribution in [2.24, 2.45) is 5.92 Å². The van der Waals surface area contributed by atoms with Gasteiger partial charge in [0.25, 0.3) is 0 Å². The lowest BCUT2D eigenvalue weighted by Crippen LogP contribution is -2.31. The predicted molar refractivity (Wildman–Crippen MR) is 69.7 cm³/mol. The summed E-state index contributed by atoms with van der Waals surface area (Å²) in [5.41, 5.74) is 1.30. The standard InChI is InChI=1S/C15H21NO/c1-3-13-14(4-2)16(11-15(13)17)10-12-8-6-5-7-9-12/h5-9,13-14H,3-4,10-11H2,1-2H3. The third-order valence-corrected chi connectivity index (χ3v) is 3.79. The van der Waals surface area contributed by atoms with E-state index in [1.54, 1.807) is 0 Å². The summed E-state index contributed by atoms with van der Waals surface area (Å²) in [6.07, 6.45) is 2.04. The molecule has 0 aliphatic carbocycles. The molecule has 2 rings (SSSR count). The fraction of sp³-hybridized carbons (Fsp3) is 0.533. The van der Waals surface area contributed by atoms with Gasteiger partial charge in [-0.15, -0.1) is 0 Å². The van der Waals surface area contributed by atoms with E-state index in [1.807, 2.05) is 6.07 Å². The molecular weight excluding hydrogens is 210 g/mol. The molecule has 1 aromatic carbocycles. The number of Topliss-reactive ketones (excluding diaryl/α,β-unsaturated/α-hetero) is 1. The molecule has 0 spiro atoms. The molecule has 2 heteroatoms. The summed E-state index contributed by atoms with van der Waals surface area (Å²) >= 11 is 0. The SMILES string of the molecule is CCC1C(=O)CN(Cc2ccccc2)C1CC. The Labute approximate surface area is 104 Å². The van der Waals surface area contributed by atoms with Gasteiger partial charge < -0.3 is 0 Å². The minimum Gasteiger partial charge on any atom is -0.298 e. The quantitative estimate of drug-likeness (QED) is 0.794. The van der Waals surface area contributed by atoms with Crippen molar-refractivity contribution in [1.82, 2.24) is 4.90 Å². The van der Waals surface area contributed by atoms with Crippen LogP contribution in [0.2, 0.25) is 0 Å². The minimum absolute atomic E-state index is 0.253. The fourth-order valence-corrected chi connectivity index (χ4v) is 2.94. The molecule has 92 valence electrons. The van der Waals surface area contributed by atoms with E-state index in [1.165, 1.54) is 5.56 Å². The Morgan fingerprint density at radius 2 is 1.88 bits per heavy atom. The zero-order chi connectivity index (χ0) is 12.3. The van der Waals surface area contributed by atoms with Gasteiger partial charge in [0.05, 0.1) is 6.54 Å². The summed E-state index contributed by atoms with van der Waals surface area (Å²) in [5.74, 6) is 0.680. The van der Waals surface area contributed by atoms with Crippen molar-refractivity contribution in [3.05, 3.63) is 35.9 Å². The molecule has 1 aromatic rings. The Hall–Kier alpha value is -1.15. The van der Waals surface area contributed by atoms with Crippen molar-refractivity contribution in [2.75, 3.05) is 6.54 Å². The number of carbonyl (C=O) groups excluding carboxylic acids is 1. The number of ketones is 1. The molecule has 2 unspecified atom stereocenters. The highest BCUT2D eigenvalue weighted by Gasteiger charge is 2.37. The molecule has 0 saturated carbocycles. The number of likely N-dealkylation sites (tertiary alicyclic amines) is 1. The zero-order valence-corrected chi connectivity index (χ0v) is 10.7. The fourth-order valence-electron chi connectivity index (χ4n) is 2.94. The van der Waals surface area contributed by atoms with Crippen LogP contribution in [0.15, 0.2) is 30.3 Å². The second-order valence-corrected chi connectivity index (χ2v) is 4.85. The van der Waals surface area contributed by atoms with Gasteiger partial charge in [0.2, 0.25) is 0 Å². The van der Waals surface area contributed by atoms with E-state index in [-0.39, 0.29) is 5.92 Å². The molecule has 1 aliphatic heterocycles. The highest BCUT2D eigenvalue weighted by atomic mass is 16.1. The number of benzene rings is 1. The second-order valence-electron chi connectivity index (χ2n) is 4.85. The Morgan fingerprint density at radius 1 is 1.18 bits per heavy atom. The first-order valence-electron chi connectivity index (χ1n) is 6.57. The molecule has 1 saturated heterocycles. The monoisotopic (exact) mass is 231 g/mol. The average Bonchev–Trinajstić information content (AvgIpc) is 2.65. The molecule has 1 fully saturated rings. The smallest absolute Gasteiger partial charge is 0.151 e. The van der Waals surface area contributed by atoms with Crippen molar-refractivity contribution in [2.45, 2.75) is 39.3 Å². The van der Waals surface area contributed by atoms with Crippen LogP contribution in [0.4, 0.5) is 0 Å². The molecule has 2 atom stereocenters. The van der Waals surface area contributed by atoms with Crippen LogP contribution in [-0.2, 0) is 11.3 Å². The van der Waals surface area contributed by atoms with Gasteiger partial charge in [-0.05, 0) is 18.4 Å². The van der Waals surface area contributed by atoms with E-state index >= 15 is 0 Å². The van der Waals surface area contributed by atoms with Crippen LogP contribution in [0, 0.1) is 5.92 Å². The van der Waals surface area contributed by atoms with E-state index in [2.05, 4.69) is 43.0 Å². The van der Waals surface area contributed by atoms with E-state index in [0.717, 1.165) is 19.4 Å². The summed E-state index contributed by atoms with van der Waals surface area (Å²) in [6.45, 7) is 5.84. The third-order valence-electron chi connectivity index (χ3n) is 3.79. The molecular formula is C15H21NO. The lowest BCUT2D eigenvalue weighted by molar-refractivity contribution is -0.120. The Bertz CT molecular complexity index is 374. The molecule has 0 N–H and O–H groups in total. The Kier molecular flexibility index (Phi) is 3.95. The number of carbonyl (C=O) groups is 1. The van der Waals surface area contributed by atoms with Gasteiger partial charge >= 0.3 is 0 Å². The molecule has 17 heavy (non-hydrogen) atoms. The molecule has 0 radical (unpaired) electrons. The highest BCUT2D eigenvalue weighted by molar-refractivity contribution is 5.85. The maximum atomic E-state index is 11.9. The number of rotatable bonds is 4. The van der Waals surface area contributed by atoms with Gasteiger partial charge in [-0.3, -0.25) is 9.69 Å². The van der Waals surface area contributed by atoms with Crippen LogP contribution < -0.4 is 0 Å². The van der Waals surface area contributed by atoms with Crippen LogP contribution in [-0.4, -0.2) is 23.3 Å². The van der Waals surface area contributed by atoms with E-state index in [9.17, 15) is 4.79 Å². The van der Waals surface area contributed by atoms with E-state index in [4.69, 9.17) is 0 Å². The maximum absolute atomic E-state index is 11.9. The van der Waals surface area contributed by atoms with E-state index in [0.29, 0.717) is 18.4 Å².